The van der Waals surface area contributed by atoms with E-state index < -0.39 is 5.91 Å². The van der Waals surface area contributed by atoms with E-state index in [4.69, 9.17) is 5.73 Å². The third kappa shape index (κ3) is 3.21. The van der Waals surface area contributed by atoms with Gasteiger partial charge in [0.2, 0.25) is 0 Å². The fraction of sp³-hybridized carbons (Fsp3) is 0.526. The number of primary amides is 1. The third-order valence-electron chi connectivity index (χ3n) is 4.91. The number of nitrogens with zero attached hydrogens (tertiary/aromatic N) is 3. The predicted molar refractivity (Wildman–Crippen MR) is 96.3 cm³/mol. The van der Waals surface area contributed by atoms with Crippen molar-refractivity contribution in [2.45, 2.75) is 54.4 Å². The molecule has 1 aliphatic rings. The molecule has 2 aromatic rings. The second kappa shape index (κ2) is 6.75. The van der Waals surface area contributed by atoms with Gasteiger partial charge in [-0.3, -0.25) is 4.79 Å². The van der Waals surface area contributed by atoms with Crippen LogP contribution in [0.4, 0.5) is 0 Å². The zero-order valence-corrected chi connectivity index (χ0v) is 15.6. The number of pyridine rings is 1. The normalized spacial score (nSPS) is 18.3. The van der Waals surface area contributed by atoms with Gasteiger partial charge in [0.25, 0.3) is 5.91 Å². The van der Waals surface area contributed by atoms with Gasteiger partial charge in [0, 0.05) is 11.8 Å². The average molecular weight is 328 g/mol. The first-order valence-corrected chi connectivity index (χ1v) is 8.63. The molecule has 2 heterocycles. The number of rotatable bonds is 2. The summed E-state index contributed by atoms with van der Waals surface area (Å²) < 4.78 is 1.80. The smallest absolute Gasteiger partial charge is 0.269 e. The van der Waals surface area contributed by atoms with Crippen molar-refractivity contribution in [1.82, 2.24) is 14.8 Å². The topological polar surface area (TPSA) is 73.8 Å². The maximum absolute atomic E-state index is 11.8. The lowest BCUT2D eigenvalue weighted by molar-refractivity contribution is 0.0993. The Bertz CT molecular complexity index is 746. The van der Waals surface area contributed by atoms with Crippen LogP contribution in [0.1, 0.15) is 61.9 Å². The maximum atomic E-state index is 11.8. The predicted octanol–water partition coefficient (Wildman–Crippen LogP) is 3.46. The van der Waals surface area contributed by atoms with Crippen LogP contribution in [0.5, 0.6) is 0 Å². The third-order valence-corrected chi connectivity index (χ3v) is 4.91. The number of hydrogen-bond acceptors (Lipinski definition) is 3. The second-order valence-corrected chi connectivity index (χ2v) is 7.01. The van der Waals surface area contributed by atoms with Crippen LogP contribution in [-0.4, -0.2) is 20.7 Å². The number of aryl methyl sites for hydroxylation is 1. The first-order chi connectivity index (χ1) is 11.3. The number of fused-ring (bicyclic) bond motifs is 1. The number of carbonyl (C=O) groups excluding carboxylic acids is 1. The highest BCUT2D eigenvalue weighted by molar-refractivity contribution is 5.92. The Balaban J connectivity index is 0.00000100. The molecule has 24 heavy (non-hydrogen) atoms. The van der Waals surface area contributed by atoms with Gasteiger partial charge in [-0.1, -0.05) is 34.6 Å². The maximum Gasteiger partial charge on any atom is 0.269 e. The summed E-state index contributed by atoms with van der Waals surface area (Å²) in [5.74, 6) is 0.755. The first kappa shape index (κ1) is 18.2. The van der Waals surface area contributed by atoms with Crippen molar-refractivity contribution in [1.29, 1.82) is 0 Å². The molecular weight excluding hydrogens is 300 g/mol. The van der Waals surface area contributed by atoms with Crippen molar-refractivity contribution >= 4 is 5.91 Å². The molecule has 0 saturated carbocycles. The second-order valence-electron chi connectivity index (χ2n) is 7.01. The average Bonchev–Trinajstić information content (AvgIpc) is 2.87. The molecule has 5 heteroatoms. The standard InChI is InChI=1S/C17H22N4O.C2H6/c1-10-5-6-19-14(7-10)21-13-9-17(3,4)11(2)8-12(13)15(20-21)16(18)22;1-2/h5-7,11H,8-9H2,1-4H3,(H2,18,22);1-2H3. The highest BCUT2D eigenvalue weighted by Gasteiger charge is 2.37. The molecule has 1 atom stereocenters. The van der Waals surface area contributed by atoms with Crippen LogP contribution in [0.2, 0.25) is 0 Å². The van der Waals surface area contributed by atoms with Crippen LogP contribution in [0.3, 0.4) is 0 Å². The van der Waals surface area contributed by atoms with E-state index in [-0.39, 0.29) is 5.41 Å². The van der Waals surface area contributed by atoms with Crippen molar-refractivity contribution in [2.24, 2.45) is 17.1 Å². The summed E-state index contributed by atoms with van der Waals surface area (Å²) in [6.07, 6.45) is 3.45. The van der Waals surface area contributed by atoms with Crippen LogP contribution in [0.25, 0.3) is 5.82 Å². The fourth-order valence-corrected chi connectivity index (χ4v) is 3.09. The van der Waals surface area contributed by atoms with Gasteiger partial charge in [-0.25, -0.2) is 9.67 Å². The summed E-state index contributed by atoms with van der Waals surface area (Å²) in [5, 5.41) is 4.48. The quantitative estimate of drug-likeness (QED) is 0.917. The Morgan fingerprint density at radius 1 is 1.38 bits per heavy atom. The number of amides is 1. The summed E-state index contributed by atoms with van der Waals surface area (Å²) in [6, 6.07) is 3.92. The van der Waals surface area contributed by atoms with E-state index in [9.17, 15) is 4.79 Å². The SMILES string of the molecule is CC.Cc1ccnc(-n2nc(C(N)=O)c3c2CC(C)(C)C(C)C3)c1. The highest BCUT2D eigenvalue weighted by atomic mass is 16.1. The van der Waals surface area contributed by atoms with Crippen molar-refractivity contribution in [3.63, 3.8) is 0 Å². The molecular formula is C19H28N4O. The molecule has 0 fully saturated rings. The lowest BCUT2D eigenvalue weighted by atomic mass is 9.69. The minimum Gasteiger partial charge on any atom is -0.364 e. The Morgan fingerprint density at radius 3 is 2.62 bits per heavy atom. The lowest BCUT2D eigenvalue weighted by Gasteiger charge is -2.36. The molecule has 130 valence electrons. The molecule has 0 radical (unpaired) electrons. The Labute approximate surface area is 144 Å². The fourth-order valence-electron chi connectivity index (χ4n) is 3.09. The molecule has 0 aliphatic heterocycles. The number of carbonyl (C=O) groups is 1. The van der Waals surface area contributed by atoms with Crippen LogP contribution in [-0.2, 0) is 12.8 Å². The zero-order chi connectivity index (χ0) is 18.1. The van der Waals surface area contributed by atoms with Gasteiger partial charge < -0.3 is 5.73 Å². The molecule has 2 aromatic heterocycles. The van der Waals surface area contributed by atoms with Gasteiger partial charge in [-0.15, -0.1) is 0 Å². The highest BCUT2D eigenvalue weighted by Crippen LogP contribution is 2.40. The summed E-state index contributed by atoms with van der Waals surface area (Å²) in [5.41, 5.74) is 9.25. The van der Waals surface area contributed by atoms with Crippen molar-refractivity contribution in [3.8, 4) is 5.82 Å². The summed E-state index contributed by atoms with van der Waals surface area (Å²) in [6.45, 7) is 12.7. The first-order valence-electron chi connectivity index (χ1n) is 8.63. The van der Waals surface area contributed by atoms with E-state index in [0.29, 0.717) is 11.6 Å². The summed E-state index contributed by atoms with van der Waals surface area (Å²) in [7, 11) is 0. The number of hydrogen-bond donors (Lipinski definition) is 1. The summed E-state index contributed by atoms with van der Waals surface area (Å²) >= 11 is 0. The minimum absolute atomic E-state index is 0.156. The van der Waals surface area contributed by atoms with E-state index in [1.54, 1.807) is 10.9 Å². The van der Waals surface area contributed by atoms with Crippen LogP contribution >= 0.6 is 0 Å². The van der Waals surface area contributed by atoms with Gasteiger partial charge in [0.05, 0.1) is 5.69 Å². The molecule has 0 bridgehead atoms. The molecule has 3 rings (SSSR count). The van der Waals surface area contributed by atoms with Gasteiger partial charge in [-0.2, -0.15) is 5.10 Å². The van der Waals surface area contributed by atoms with Crippen LogP contribution in [0, 0.1) is 18.3 Å². The molecule has 2 N–H and O–H groups in total. The molecule has 0 spiro atoms. The molecule has 0 aromatic carbocycles. The lowest BCUT2D eigenvalue weighted by Crippen LogP contribution is -2.32. The minimum atomic E-state index is -0.463. The summed E-state index contributed by atoms with van der Waals surface area (Å²) in [4.78, 5) is 16.2. The van der Waals surface area contributed by atoms with E-state index >= 15 is 0 Å². The van der Waals surface area contributed by atoms with Crippen molar-refractivity contribution in [2.75, 3.05) is 0 Å². The molecule has 1 unspecified atom stereocenters. The van der Waals surface area contributed by atoms with E-state index in [1.165, 1.54) is 0 Å². The molecule has 5 nitrogen and oxygen atoms in total. The van der Waals surface area contributed by atoms with Crippen LogP contribution < -0.4 is 5.73 Å². The van der Waals surface area contributed by atoms with E-state index in [2.05, 4.69) is 30.9 Å². The molecule has 1 amide bonds. The Morgan fingerprint density at radius 2 is 2.04 bits per heavy atom. The Hall–Kier alpha value is -2.17. The van der Waals surface area contributed by atoms with E-state index in [0.717, 1.165) is 35.5 Å². The van der Waals surface area contributed by atoms with Crippen molar-refractivity contribution < 1.29 is 4.79 Å². The van der Waals surface area contributed by atoms with Crippen molar-refractivity contribution in [3.05, 3.63) is 40.8 Å². The largest absolute Gasteiger partial charge is 0.364 e. The molecule has 1 aliphatic carbocycles. The van der Waals surface area contributed by atoms with Gasteiger partial charge in [-0.05, 0) is 48.8 Å². The van der Waals surface area contributed by atoms with Gasteiger partial charge >= 0.3 is 0 Å². The van der Waals surface area contributed by atoms with Gasteiger partial charge in [0.1, 0.15) is 0 Å². The Kier molecular flexibility index (Phi) is 5.11. The number of aromatic nitrogens is 3. The molecule has 0 saturated heterocycles. The van der Waals surface area contributed by atoms with E-state index in [1.807, 2.05) is 32.9 Å². The monoisotopic (exact) mass is 328 g/mol. The zero-order valence-electron chi connectivity index (χ0n) is 15.6. The van der Waals surface area contributed by atoms with Crippen LogP contribution in [0.15, 0.2) is 18.3 Å². The number of nitrogens with two attached hydrogens (primary N) is 1. The van der Waals surface area contributed by atoms with Gasteiger partial charge in [0.15, 0.2) is 11.5 Å².